The van der Waals surface area contributed by atoms with Crippen LogP contribution < -0.4 is 5.32 Å². The maximum absolute atomic E-state index is 13.3. The molecule has 3 aliphatic rings. The highest BCUT2D eigenvalue weighted by atomic mass is 35.5. The van der Waals surface area contributed by atoms with Crippen molar-refractivity contribution in [1.82, 2.24) is 4.31 Å². The molecule has 2 saturated heterocycles. The molecule has 0 aromatic heterocycles. The summed E-state index contributed by atoms with van der Waals surface area (Å²) in [6, 6.07) is 13.0. The van der Waals surface area contributed by atoms with Gasteiger partial charge in [0.2, 0.25) is 10.0 Å². The molecular formula is C22H25ClN2O3S. The van der Waals surface area contributed by atoms with Gasteiger partial charge < -0.3 is 5.32 Å². The summed E-state index contributed by atoms with van der Waals surface area (Å²) in [6.07, 6.45) is 2.65. The van der Waals surface area contributed by atoms with E-state index in [9.17, 15) is 13.2 Å². The molecule has 0 spiro atoms. The Balaban J connectivity index is 1.52. The quantitative estimate of drug-likeness (QED) is 0.744. The van der Waals surface area contributed by atoms with Crippen molar-refractivity contribution in [3.05, 3.63) is 59.1 Å². The number of rotatable bonds is 4. The molecule has 2 atom stereocenters. The zero-order valence-electron chi connectivity index (χ0n) is 16.8. The van der Waals surface area contributed by atoms with E-state index in [2.05, 4.69) is 19.2 Å². The van der Waals surface area contributed by atoms with Gasteiger partial charge in [0, 0.05) is 27.9 Å². The second-order valence-electron chi connectivity index (χ2n) is 9.19. The van der Waals surface area contributed by atoms with Gasteiger partial charge in [-0.3, -0.25) is 4.79 Å². The van der Waals surface area contributed by atoms with Crippen LogP contribution in [0.5, 0.6) is 0 Å². The van der Waals surface area contributed by atoms with Gasteiger partial charge in [0.1, 0.15) is 0 Å². The van der Waals surface area contributed by atoms with Crippen LogP contribution in [0.1, 0.15) is 50.4 Å². The van der Waals surface area contributed by atoms with Crippen LogP contribution in [0.3, 0.4) is 0 Å². The third-order valence-electron chi connectivity index (χ3n) is 5.96. The Labute approximate surface area is 177 Å². The molecule has 1 aliphatic carbocycles. The van der Waals surface area contributed by atoms with Crippen molar-refractivity contribution in [1.29, 1.82) is 0 Å². The van der Waals surface area contributed by atoms with Gasteiger partial charge in [-0.05, 0) is 80.1 Å². The van der Waals surface area contributed by atoms with Crippen molar-refractivity contribution in [2.75, 3.05) is 5.32 Å². The Kier molecular flexibility index (Phi) is 4.80. The second-order valence-corrected chi connectivity index (χ2v) is 11.4. The van der Waals surface area contributed by atoms with Crippen LogP contribution in [0.15, 0.2) is 53.4 Å². The largest absolute Gasteiger partial charge is 0.322 e. The Bertz CT molecular complexity index is 1050. The molecule has 2 bridgehead atoms. The Morgan fingerprint density at radius 1 is 1.03 bits per heavy atom. The summed E-state index contributed by atoms with van der Waals surface area (Å²) in [5.41, 5.74) is 0.860. The standard InChI is InChI=1S/C22H25ClN2O3S/c1-21(2)12-18-13-22(3,14-21)25(18)29(27,28)19-10-4-15(5-11-19)20(26)24-17-8-6-16(23)7-9-17/h4-11,18H,12-14H2,1-3H3,(H,24,26). The SMILES string of the molecule is CC1(C)CC2CC(C)(C1)N2S(=O)(=O)c1ccc(C(=O)Nc2ccc(Cl)cc2)cc1. The van der Waals surface area contributed by atoms with Gasteiger partial charge in [-0.15, -0.1) is 0 Å². The molecular weight excluding hydrogens is 408 g/mol. The third kappa shape index (κ3) is 3.69. The summed E-state index contributed by atoms with van der Waals surface area (Å²) in [5, 5.41) is 3.37. The van der Waals surface area contributed by atoms with Gasteiger partial charge >= 0.3 is 0 Å². The molecule has 5 nitrogen and oxygen atoms in total. The van der Waals surface area contributed by atoms with Crippen LogP contribution in [-0.4, -0.2) is 30.2 Å². The first-order valence-electron chi connectivity index (χ1n) is 9.72. The van der Waals surface area contributed by atoms with E-state index in [1.54, 1.807) is 40.7 Å². The Morgan fingerprint density at radius 2 is 1.66 bits per heavy atom. The van der Waals surface area contributed by atoms with E-state index < -0.39 is 10.0 Å². The van der Waals surface area contributed by atoms with Crippen molar-refractivity contribution in [2.24, 2.45) is 5.41 Å². The van der Waals surface area contributed by atoms with Crippen molar-refractivity contribution in [2.45, 2.75) is 56.5 Å². The van der Waals surface area contributed by atoms with E-state index in [-0.39, 0.29) is 27.8 Å². The van der Waals surface area contributed by atoms with Crippen molar-refractivity contribution < 1.29 is 13.2 Å². The smallest absolute Gasteiger partial charge is 0.255 e. The van der Waals surface area contributed by atoms with Gasteiger partial charge in [-0.1, -0.05) is 25.4 Å². The topological polar surface area (TPSA) is 66.5 Å². The lowest BCUT2D eigenvalue weighted by molar-refractivity contribution is -0.0832. The summed E-state index contributed by atoms with van der Waals surface area (Å²) < 4.78 is 28.2. The average molecular weight is 433 g/mol. The maximum Gasteiger partial charge on any atom is 0.255 e. The predicted octanol–water partition coefficient (Wildman–Crippen LogP) is 4.93. The number of nitrogens with one attached hydrogen (secondary N) is 1. The van der Waals surface area contributed by atoms with Crippen LogP contribution in [-0.2, 0) is 10.0 Å². The first-order valence-corrected chi connectivity index (χ1v) is 11.5. The first-order chi connectivity index (χ1) is 13.5. The van der Waals surface area contributed by atoms with Gasteiger partial charge in [0.25, 0.3) is 5.91 Å². The molecule has 2 heterocycles. The lowest BCUT2D eigenvalue weighted by Gasteiger charge is -2.63. The van der Waals surface area contributed by atoms with Crippen LogP contribution in [0.25, 0.3) is 0 Å². The van der Waals surface area contributed by atoms with Crippen LogP contribution >= 0.6 is 11.6 Å². The number of sulfonamides is 1. The molecule has 29 heavy (non-hydrogen) atoms. The van der Waals surface area contributed by atoms with Gasteiger partial charge in [0.05, 0.1) is 4.90 Å². The highest BCUT2D eigenvalue weighted by Crippen LogP contribution is 2.56. The summed E-state index contributed by atoms with van der Waals surface area (Å²) >= 11 is 5.85. The van der Waals surface area contributed by atoms with Gasteiger partial charge in [-0.2, -0.15) is 4.31 Å². The summed E-state index contributed by atoms with van der Waals surface area (Å²) in [6.45, 7) is 6.45. The number of carbonyl (C=O) groups is 1. The molecule has 1 saturated carbocycles. The lowest BCUT2D eigenvalue weighted by atomic mass is 9.61. The third-order valence-corrected chi connectivity index (χ3v) is 8.34. The highest BCUT2D eigenvalue weighted by molar-refractivity contribution is 7.89. The van der Waals surface area contributed by atoms with Crippen molar-refractivity contribution >= 4 is 33.2 Å². The van der Waals surface area contributed by atoms with E-state index in [4.69, 9.17) is 11.6 Å². The van der Waals surface area contributed by atoms with E-state index in [0.717, 1.165) is 19.3 Å². The predicted molar refractivity (Wildman–Crippen MR) is 115 cm³/mol. The first kappa shape index (κ1) is 20.4. The molecule has 1 amide bonds. The highest BCUT2D eigenvalue weighted by Gasteiger charge is 2.60. The Hall–Kier alpha value is -1.89. The number of hydrogen-bond donors (Lipinski definition) is 1. The van der Waals surface area contributed by atoms with E-state index >= 15 is 0 Å². The lowest BCUT2D eigenvalue weighted by Crippen LogP contribution is -2.71. The fourth-order valence-corrected chi connectivity index (χ4v) is 7.26. The molecule has 5 rings (SSSR count). The number of halogens is 1. The minimum Gasteiger partial charge on any atom is -0.322 e. The normalized spacial score (nSPS) is 25.9. The van der Waals surface area contributed by atoms with Gasteiger partial charge in [-0.25, -0.2) is 8.42 Å². The number of piperidine rings is 1. The molecule has 2 aromatic carbocycles. The molecule has 0 radical (unpaired) electrons. The molecule has 2 unspecified atom stereocenters. The number of hydrogen-bond acceptors (Lipinski definition) is 3. The van der Waals surface area contributed by atoms with E-state index in [0.29, 0.717) is 16.3 Å². The summed E-state index contributed by atoms with van der Waals surface area (Å²) in [5.74, 6) is -0.300. The number of anilines is 1. The molecule has 7 heteroatoms. The molecule has 154 valence electrons. The maximum atomic E-state index is 13.3. The molecule has 1 N–H and O–H groups in total. The number of amides is 1. The van der Waals surface area contributed by atoms with Crippen LogP contribution in [0.4, 0.5) is 5.69 Å². The van der Waals surface area contributed by atoms with Crippen molar-refractivity contribution in [3.8, 4) is 0 Å². The van der Waals surface area contributed by atoms with Crippen LogP contribution in [0.2, 0.25) is 5.02 Å². The van der Waals surface area contributed by atoms with Gasteiger partial charge in [0.15, 0.2) is 0 Å². The van der Waals surface area contributed by atoms with Crippen molar-refractivity contribution in [3.63, 3.8) is 0 Å². The monoisotopic (exact) mass is 432 g/mol. The van der Waals surface area contributed by atoms with Crippen LogP contribution in [0, 0.1) is 5.41 Å². The number of fused-ring (bicyclic) bond motifs is 2. The summed E-state index contributed by atoms with van der Waals surface area (Å²) in [4.78, 5) is 12.7. The minimum absolute atomic E-state index is 0.0571. The molecule has 3 fully saturated rings. The average Bonchev–Trinajstić information content (AvgIpc) is 2.61. The summed E-state index contributed by atoms with van der Waals surface area (Å²) in [7, 11) is -3.59. The Morgan fingerprint density at radius 3 is 2.24 bits per heavy atom. The fraction of sp³-hybridized carbons (Fsp3) is 0.409. The molecule has 2 aromatic rings. The zero-order valence-corrected chi connectivity index (χ0v) is 18.3. The minimum atomic E-state index is -3.59. The zero-order chi connectivity index (χ0) is 21.0. The molecule has 2 aliphatic heterocycles. The fourth-order valence-electron chi connectivity index (χ4n) is 5.17. The second kappa shape index (κ2) is 6.83. The number of nitrogens with zero attached hydrogens (tertiary/aromatic N) is 1. The van der Waals surface area contributed by atoms with E-state index in [1.807, 2.05) is 6.92 Å². The number of carbonyl (C=O) groups excluding carboxylic acids is 1. The number of benzene rings is 2. The van der Waals surface area contributed by atoms with E-state index in [1.165, 1.54) is 12.1 Å².